The van der Waals surface area contributed by atoms with Gasteiger partial charge in [-0.25, -0.2) is 9.78 Å². The minimum Gasteiger partial charge on any atom is -0.456 e. The van der Waals surface area contributed by atoms with Crippen LogP contribution < -0.4 is 5.32 Å². The lowest BCUT2D eigenvalue weighted by Crippen LogP contribution is -2.30. The van der Waals surface area contributed by atoms with Gasteiger partial charge in [0.05, 0.1) is 17.2 Å². The van der Waals surface area contributed by atoms with Gasteiger partial charge in [0, 0.05) is 35.0 Å². The van der Waals surface area contributed by atoms with E-state index in [9.17, 15) is 4.79 Å². The molecule has 1 N–H and O–H groups in total. The molecule has 2 aromatic heterocycles. The van der Waals surface area contributed by atoms with E-state index in [-0.39, 0.29) is 6.03 Å². The molecule has 0 saturated carbocycles. The molecule has 0 bridgehead atoms. The maximum Gasteiger partial charge on any atom is 0.321 e. The molecule has 126 valence electrons. The summed E-state index contributed by atoms with van der Waals surface area (Å²) in [6, 6.07) is 13.4. The first-order chi connectivity index (χ1) is 12.1. The van der Waals surface area contributed by atoms with Crippen molar-refractivity contribution in [2.75, 3.05) is 12.4 Å². The van der Waals surface area contributed by atoms with Gasteiger partial charge < -0.3 is 14.6 Å². The third kappa shape index (κ3) is 3.08. The Morgan fingerprint density at radius 2 is 2.00 bits per heavy atom. The van der Waals surface area contributed by atoms with Gasteiger partial charge in [-0.2, -0.15) is 0 Å². The Morgan fingerprint density at radius 3 is 2.80 bits per heavy atom. The highest BCUT2D eigenvalue weighted by Gasteiger charge is 2.12. The van der Waals surface area contributed by atoms with Gasteiger partial charge in [-0.1, -0.05) is 18.2 Å². The Hall–Kier alpha value is -2.86. The van der Waals surface area contributed by atoms with E-state index >= 15 is 0 Å². The lowest BCUT2D eigenvalue weighted by molar-refractivity contribution is 0.220. The Balaban J connectivity index is 1.53. The summed E-state index contributed by atoms with van der Waals surface area (Å²) in [5, 5.41) is 8.00. The molecular formula is C19H17N3O2S. The topological polar surface area (TPSA) is 58.4 Å². The first-order valence-corrected chi connectivity index (χ1v) is 8.82. The second kappa shape index (κ2) is 6.22. The summed E-state index contributed by atoms with van der Waals surface area (Å²) in [4.78, 5) is 18.4. The van der Waals surface area contributed by atoms with Crippen LogP contribution in [0.3, 0.4) is 0 Å². The van der Waals surface area contributed by atoms with Crippen LogP contribution >= 0.6 is 11.3 Å². The molecule has 0 saturated heterocycles. The standard InChI is InChI=1S/C19H17N3O2S/c1-12-20-14(11-25-12)10-22(2)19(23)21-13-7-8-16-15-5-3-4-6-17(15)24-18(16)9-13/h3-9,11H,10H2,1-2H3,(H,21,23). The summed E-state index contributed by atoms with van der Waals surface area (Å²) in [6.45, 7) is 2.43. The summed E-state index contributed by atoms with van der Waals surface area (Å²) < 4.78 is 5.86. The van der Waals surface area contributed by atoms with E-state index in [2.05, 4.69) is 10.3 Å². The van der Waals surface area contributed by atoms with Crippen molar-refractivity contribution in [2.45, 2.75) is 13.5 Å². The van der Waals surface area contributed by atoms with Gasteiger partial charge in [-0.3, -0.25) is 0 Å². The number of nitrogens with zero attached hydrogens (tertiary/aromatic N) is 2. The fourth-order valence-corrected chi connectivity index (χ4v) is 3.42. The molecule has 2 heterocycles. The number of amides is 2. The Labute approximate surface area is 148 Å². The number of fused-ring (bicyclic) bond motifs is 3. The molecule has 0 fully saturated rings. The molecule has 4 aromatic rings. The lowest BCUT2D eigenvalue weighted by Gasteiger charge is -2.16. The Bertz CT molecular complexity index is 1070. The average Bonchev–Trinajstić information content (AvgIpc) is 3.17. The maximum atomic E-state index is 12.4. The quantitative estimate of drug-likeness (QED) is 0.564. The summed E-state index contributed by atoms with van der Waals surface area (Å²) in [5.74, 6) is 0. The number of urea groups is 1. The third-order valence-corrected chi connectivity index (χ3v) is 4.86. The zero-order chi connectivity index (χ0) is 17.4. The van der Waals surface area contributed by atoms with E-state index in [1.165, 1.54) is 0 Å². The average molecular weight is 351 g/mol. The number of para-hydroxylation sites is 1. The predicted molar refractivity (Wildman–Crippen MR) is 101 cm³/mol. The van der Waals surface area contributed by atoms with Crippen LogP contribution in [0.4, 0.5) is 10.5 Å². The fourth-order valence-electron chi connectivity index (χ4n) is 2.82. The molecule has 6 heteroatoms. The van der Waals surface area contributed by atoms with E-state index in [1.807, 2.05) is 54.8 Å². The first kappa shape index (κ1) is 15.7. The van der Waals surface area contributed by atoms with Crippen LogP contribution in [-0.2, 0) is 6.54 Å². The normalized spacial score (nSPS) is 11.1. The molecule has 0 atom stereocenters. The van der Waals surface area contributed by atoms with Crippen LogP contribution in [0.2, 0.25) is 0 Å². The number of thiazole rings is 1. The highest BCUT2D eigenvalue weighted by Crippen LogP contribution is 2.30. The molecule has 0 aliphatic heterocycles. The van der Waals surface area contributed by atoms with Crippen molar-refractivity contribution in [3.8, 4) is 0 Å². The fraction of sp³-hybridized carbons (Fsp3) is 0.158. The number of aromatic nitrogens is 1. The second-order valence-electron chi connectivity index (χ2n) is 5.95. The molecule has 0 spiro atoms. The van der Waals surface area contributed by atoms with Crippen LogP contribution in [0.5, 0.6) is 0 Å². The smallest absolute Gasteiger partial charge is 0.321 e. The van der Waals surface area contributed by atoms with Crippen molar-refractivity contribution in [3.63, 3.8) is 0 Å². The van der Waals surface area contributed by atoms with Crippen LogP contribution in [0.25, 0.3) is 21.9 Å². The largest absolute Gasteiger partial charge is 0.456 e. The van der Waals surface area contributed by atoms with Gasteiger partial charge >= 0.3 is 6.03 Å². The van der Waals surface area contributed by atoms with Gasteiger partial charge in [-0.05, 0) is 25.1 Å². The molecule has 0 radical (unpaired) electrons. The Morgan fingerprint density at radius 1 is 1.20 bits per heavy atom. The number of nitrogens with one attached hydrogen (secondary N) is 1. The molecule has 2 amide bonds. The number of carbonyl (C=O) groups is 1. The molecular weight excluding hydrogens is 334 g/mol. The molecule has 2 aromatic carbocycles. The number of carbonyl (C=O) groups excluding carboxylic acids is 1. The van der Waals surface area contributed by atoms with E-state index < -0.39 is 0 Å². The van der Waals surface area contributed by atoms with Gasteiger partial charge in [-0.15, -0.1) is 11.3 Å². The number of furan rings is 1. The molecule has 0 unspecified atom stereocenters. The Kier molecular flexibility index (Phi) is 3.89. The maximum absolute atomic E-state index is 12.4. The zero-order valence-electron chi connectivity index (χ0n) is 13.9. The van der Waals surface area contributed by atoms with Crippen molar-refractivity contribution in [3.05, 3.63) is 58.5 Å². The number of benzene rings is 2. The molecule has 0 aliphatic carbocycles. The van der Waals surface area contributed by atoms with Crippen LogP contribution in [-0.4, -0.2) is 23.0 Å². The SMILES string of the molecule is Cc1nc(CN(C)C(=O)Nc2ccc3c(c2)oc2ccccc23)cs1. The highest BCUT2D eigenvalue weighted by molar-refractivity contribution is 7.09. The van der Waals surface area contributed by atoms with E-state index in [1.54, 1.807) is 23.3 Å². The number of hydrogen-bond donors (Lipinski definition) is 1. The van der Waals surface area contributed by atoms with Gasteiger partial charge in [0.1, 0.15) is 11.2 Å². The first-order valence-electron chi connectivity index (χ1n) is 7.94. The zero-order valence-corrected chi connectivity index (χ0v) is 14.8. The van der Waals surface area contributed by atoms with Gasteiger partial charge in [0.25, 0.3) is 0 Å². The van der Waals surface area contributed by atoms with Crippen molar-refractivity contribution in [1.29, 1.82) is 0 Å². The van der Waals surface area contributed by atoms with Gasteiger partial charge in [0.15, 0.2) is 0 Å². The minimum atomic E-state index is -0.180. The van der Waals surface area contributed by atoms with Crippen molar-refractivity contribution >= 4 is 45.0 Å². The van der Waals surface area contributed by atoms with E-state index in [4.69, 9.17) is 4.42 Å². The summed E-state index contributed by atoms with van der Waals surface area (Å²) in [6.07, 6.45) is 0. The number of aryl methyl sites for hydroxylation is 1. The molecule has 0 aliphatic rings. The van der Waals surface area contributed by atoms with E-state index in [0.29, 0.717) is 12.2 Å². The van der Waals surface area contributed by atoms with Crippen LogP contribution in [0.15, 0.2) is 52.3 Å². The number of hydrogen-bond acceptors (Lipinski definition) is 4. The van der Waals surface area contributed by atoms with Crippen molar-refractivity contribution in [1.82, 2.24) is 9.88 Å². The lowest BCUT2D eigenvalue weighted by atomic mass is 10.1. The van der Waals surface area contributed by atoms with Crippen molar-refractivity contribution < 1.29 is 9.21 Å². The van der Waals surface area contributed by atoms with E-state index in [0.717, 1.165) is 32.6 Å². The third-order valence-electron chi connectivity index (χ3n) is 4.04. The second-order valence-corrected chi connectivity index (χ2v) is 7.02. The molecule has 5 nitrogen and oxygen atoms in total. The van der Waals surface area contributed by atoms with Gasteiger partial charge in [0.2, 0.25) is 0 Å². The van der Waals surface area contributed by atoms with Crippen molar-refractivity contribution in [2.24, 2.45) is 0 Å². The number of anilines is 1. The summed E-state index contributed by atoms with van der Waals surface area (Å²) in [7, 11) is 1.75. The number of rotatable bonds is 3. The predicted octanol–water partition coefficient (Wildman–Crippen LogP) is 5.01. The highest BCUT2D eigenvalue weighted by atomic mass is 32.1. The van der Waals surface area contributed by atoms with Crippen LogP contribution in [0, 0.1) is 6.92 Å². The summed E-state index contributed by atoms with van der Waals surface area (Å²) >= 11 is 1.58. The molecule has 25 heavy (non-hydrogen) atoms. The summed E-state index contributed by atoms with van der Waals surface area (Å²) in [5.41, 5.74) is 3.21. The molecule has 4 rings (SSSR count). The minimum absolute atomic E-state index is 0.180. The van der Waals surface area contributed by atoms with Crippen LogP contribution in [0.1, 0.15) is 10.7 Å². The monoisotopic (exact) mass is 351 g/mol.